The molecule has 4 heteroatoms. The number of halogens is 1. The Morgan fingerprint density at radius 3 is 2.80 bits per heavy atom. The Bertz CT molecular complexity index is 320. The summed E-state index contributed by atoms with van der Waals surface area (Å²) >= 11 is 5.30. The molecular weight excluding hydrogens is 272 g/mol. The molecule has 84 valence electrons. The van der Waals surface area contributed by atoms with Crippen molar-refractivity contribution in [1.29, 1.82) is 0 Å². The van der Waals surface area contributed by atoms with Crippen LogP contribution in [0.1, 0.15) is 49.9 Å². The molecule has 1 saturated carbocycles. The van der Waals surface area contributed by atoms with Crippen molar-refractivity contribution in [3.8, 4) is 0 Å². The van der Waals surface area contributed by atoms with Gasteiger partial charge in [-0.25, -0.2) is 4.98 Å². The van der Waals surface area contributed by atoms with Crippen molar-refractivity contribution < 1.29 is 0 Å². The molecule has 1 heterocycles. The SMILES string of the molecule is CC(C)CC(Br)Cc1nc(C2CC2)ns1. The second-order valence-electron chi connectivity index (χ2n) is 4.75. The highest BCUT2D eigenvalue weighted by atomic mass is 79.9. The van der Waals surface area contributed by atoms with Gasteiger partial charge >= 0.3 is 0 Å². The number of hydrogen-bond donors (Lipinski definition) is 0. The van der Waals surface area contributed by atoms with Gasteiger partial charge in [0.25, 0.3) is 0 Å². The highest BCUT2D eigenvalue weighted by Crippen LogP contribution is 2.38. The number of aromatic nitrogens is 2. The van der Waals surface area contributed by atoms with Crippen LogP contribution >= 0.6 is 27.5 Å². The van der Waals surface area contributed by atoms with E-state index in [0.717, 1.165) is 18.2 Å². The van der Waals surface area contributed by atoms with E-state index in [0.29, 0.717) is 10.7 Å². The van der Waals surface area contributed by atoms with Gasteiger partial charge in [0.15, 0.2) is 0 Å². The monoisotopic (exact) mass is 288 g/mol. The van der Waals surface area contributed by atoms with Crippen molar-refractivity contribution in [2.24, 2.45) is 5.92 Å². The molecule has 0 aliphatic heterocycles. The lowest BCUT2D eigenvalue weighted by Crippen LogP contribution is -2.06. The van der Waals surface area contributed by atoms with E-state index in [1.54, 1.807) is 11.5 Å². The minimum Gasteiger partial charge on any atom is -0.224 e. The maximum Gasteiger partial charge on any atom is 0.145 e. The van der Waals surface area contributed by atoms with Crippen molar-refractivity contribution in [2.45, 2.75) is 50.3 Å². The van der Waals surface area contributed by atoms with E-state index in [4.69, 9.17) is 0 Å². The average molecular weight is 289 g/mol. The fourth-order valence-electron chi connectivity index (χ4n) is 1.64. The van der Waals surface area contributed by atoms with Crippen LogP contribution in [-0.2, 0) is 6.42 Å². The molecule has 1 aromatic heterocycles. The van der Waals surface area contributed by atoms with Gasteiger partial charge in [-0.15, -0.1) is 0 Å². The van der Waals surface area contributed by atoms with Crippen molar-refractivity contribution >= 4 is 27.5 Å². The van der Waals surface area contributed by atoms with Crippen LogP contribution in [0.5, 0.6) is 0 Å². The fourth-order valence-corrected chi connectivity index (χ4v) is 3.71. The molecule has 0 aromatic carbocycles. The zero-order chi connectivity index (χ0) is 10.8. The topological polar surface area (TPSA) is 25.8 Å². The van der Waals surface area contributed by atoms with E-state index in [-0.39, 0.29) is 0 Å². The Morgan fingerprint density at radius 2 is 2.20 bits per heavy atom. The van der Waals surface area contributed by atoms with Gasteiger partial charge < -0.3 is 0 Å². The van der Waals surface area contributed by atoms with Crippen molar-refractivity contribution in [3.63, 3.8) is 0 Å². The van der Waals surface area contributed by atoms with Gasteiger partial charge in [-0.05, 0) is 36.7 Å². The lowest BCUT2D eigenvalue weighted by molar-refractivity contribution is 0.570. The van der Waals surface area contributed by atoms with Crippen LogP contribution in [0.3, 0.4) is 0 Å². The first-order valence-electron chi connectivity index (χ1n) is 5.61. The van der Waals surface area contributed by atoms with Gasteiger partial charge in [0.1, 0.15) is 10.8 Å². The summed E-state index contributed by atoms with van der Waals surface area (Å²) in [6.45, 7) is 4.51. The van der Waals surface area contributed by atoms with Crippen LogP contribution in [0.2, 0.25) is 0 Å². The van der Waals surface area contributed by atoms with Crippen molar-refractivity contribution in [3.05, 3.63) is 10.8 Å². The van der Waals surface area contributed by atoms with Gasteiger partial charge in [-0.2, -0.15) is 4.37 Å². The van der Waals surface area contributed by atoms with E-state index < -0.39 is 0 Å². The molecule has 15 heavy (non-hydrogen) atoms. The zero-order valence-electron chi connectivity index (χ0n) is 9.24. The summed E-state index contributed by atoms with van der Waals surface area (Å²) in [4.78, 5) is 5.15. The third-order valence-electron chi connectivity index (χ3n) is 2.55. The molecule has 2 nitrogen and oxygen atoms in total. The molecular formula is C11H17BrN2S. The van der Waals surface area contributed by atoms with Gasteiger partial charge in [-0.1, -0.05) is 29.8 Å². The minimum atomic E-state index is 0.553. The number of nitrogens with zero attached hydrogens (tertiary/aromatic N) is 2. The highest BCUT2D eigenvalue weighted by Gasteiger charge is 2.27. The number of hydrogen-bond acceptors (Lipinski definition) is 3. The van der Waals surface area contributed by atoms with Gasteiger partial charge in [0.2, 0.25) is 0 Å². The first-order valence-corrected chi connectivity index (χ1v) is 7.30. The summed E-state index contributed by atoms with van der Waals surface area (Å²) in [6.07, 6.45) is 4.82. The maximum atomic E-state index is 4.60. The summed E-state index contributed by atoms with van der Waals surface area (Å²) in [5.74, 6) is 2.53. The molecule has 1 unspecified atom stereocenters. The summed E-state index contributed by atoms with van der Waals surface area (Å²) in [7, 11) is 0. The molecule has 0 radical (unpaired) electrons. The predicted molar refractivity (Wildman–Crippen MR) is 67.8 cm³/mol. The van der Waals surface area contributed by atoms with E-state index in [9.17, 15) is 0 Å². The Kier molecular flexibility index (Phi) is 3.78. The first kappa shape index (κ1) is 11.5. The standard InChI is InChI=1S/C11H17BrN2S/c1-7(2)5-9(12)6-10-13-11(14-15-10)8-3-4-8/h7-9H,3-6H2,1-2H3. The Balaban J connectivity index is 1.86. The molecule has 0 N–H and O–H groups in total. The average Bonchev–Trinajstić information content (AvgIpc) is 2.87. The molecule has 1 aliphatic carbocycles. The molecule has 2 rings (SSSR count). The van der Waals surface area contributed by atoms with Crippen LogP contribution in [0.4, 0.5) is 0 Å². The molecule has 0 bridgehead atoms. The molecule has 1 aliphatic rings. The van der Waals surface area contributed by atoms with E-state index in [2.05, 4.69) is 39.1 Å². The lowest BCUT2D eigenvalue weighted by Gasteiger charge is -2.09. The highest BCUT2D eigenvalue weighted by molar-refractivity contribution is 9.09. The summed E-state index contributed by atoms with van der Waals surface area (Å²) in [5, 5.41) is 1.19. The molecule has 0 amide bonds. The van der Waals surface area contributed by atoms with Gasteiger partial charge in [-0.3, -0.25) is 0 Å². The summed E-state index contributed by atoms with van der Waals surface area (Å²) in [5.41, 5.74) is 0. The molecule has 0 spiro atoms. The van der Waals surface area contributed by atoms with Crippen molar-refractivity contribution in [1.82, 2.24) is 9.36 Å². The molecule has 1 aromatic rings. The Hall–Kier alpha value is 0.0400. The second-order valence-corrected chi connectivity index (χ2v) is 6.88. The summed E-state index contributed by atoms with van der Waals surface area (Å²) in [6, 6.07) is 0. The van der Waals surface area contributed by atoms with Crippen LogP contribution < -0.4 is 0 Å². The number of alkyl halides is 1. The first-order chi connectivity index (χ1) is 7.15. The van der Waals surface area contributed by atoms with E-state index in [1.807, 2.05) is 0 Å². The quantitative estimate of drug-likeness (QED) is 0.771. The maximum absolute atomic E-state index is 4.60. The van der Waals surface area contributed by atoms with Crippen LogP contribution in [0.25, 0.3) is 0 Å². The second kappa shape index (κ2) is 4.91. The van der Waals surface area contributed by atoms with Crippen LogP contribution in [0.15, 0.2) is 0 Å². The van der Waals surface area contributed by atoms with E-state index in [1.165, 1.54) is 24.3 Å². The normalized spacial score (nSPS) is 18.4. The van der Waals surface area contributed by atoms with Crippen molar-refractivity contribution in [2.75, 3.05) is 0 Å². The number of rotatable bonds is 5. The smallest absolute Gasteiger partial charge is 0.145 e. The fraction of sp³-hybridized carbons (Fsp3) is 0.818. The molecule has 1 fully saturated rings. The Morgan fingerprint density at radius 1 is 1.47 bits per heavy atom. The molecule has 0 saturated heterocycles. The van der Waals surface area contributed by atoms with Crippen LogP contribution in [0, 0.1) is 5.92 Å². The third kappa shape index (κ3) is 3.52. The summed E-state index contributed by atoms with van der Waals surface area (Å²) < 4.78 is 4.42. The van der Waals surface area contributed by atoms with Crippen LogP contribution in [-0.4, -0.2) is 14.2 Å². The molecule has 1 atom stereocenters. The largest absolute Gasteiger partial charge is 0.224 e. The van der Waals surface area contributed by atoms with Gasteiger partial charge in [0, 0.05) is 17.2 Å². The van der Waals surface area contributed by atoms with E-state index >= 15 is 0 Å². The van der Waals surface area contributed by atoms with Gasteiger partial charge in [0.05, 0.1) is 0 Å². The minimum absolute atomic E-state index is 0.553. The third-order valence-corrected chi connectivity index (χ3v) is 3.99. The lowest BCUT2D eigenvalue weighted by atomic mass is 10.1. The predicted octanol–water partition coefficient (Wildman–Crippen LogP) is 3.77. The zero-order valence-corrected chi connectivity index (χ0v) is 11.6. The Labute approximate surface area is 104 Å².